The largest absolute Gasteiger partial charge is 0.497 e. The van der Waals surface area contributed by atoms with Crippen LogP contribution in [0.1, 0.15) is 11.6 Å². The van der Waals surface area contributed by atoms with Crippen LogP contribution in [0.2, 0.25) is 0 Å². The maximum Gasteiger partial charge on any atom is 0.401 e. The van der Waals surface area contributed by atoms with Crippen molar-refractivity contribution >= 4 is 15.9 Å². The van der Waals surface area contributed by atoms with E-state index in [-0.39, 0.29) is 0 Å². The van der Waals surface area contributed by atoms with Gasteiger partial charge in [-0.2, -0.15) is 18.4 Å². The highest BCUT2D eigenvalue weighted by Gasteiger charge is 2.29. The molecule has 0 aromatic heterocycles. The quantitative estimate of drug-likeness (QED) is 0.926. The lowest BCUT2D eigenvalue weighted by molar-refractivity contribution is -0.125. The highest BCUT2D eigenvalue weighted by atomic mass is 79.9. The molecule has 98 valence electrons. The number of benzene rings is 1. The van der Waals surface area contributed by atoms with E-state index >= 15 is 0 Å². The van der Waals surface area contributed by atoms with Gasteiger partial charge in [0.2, 0.25) is 0 Å². The van der Waals surface area contributed by atoms with Crippen LogP contribution in [0.25, 0.3) is 0 Å². The van der Waals surface area contributed by atoms with Crippen molar-refractivity contribution in [3.05, 3.63) is 28.2 Å². The van der Waals surface area contributed by atoms with Crippen LogP contribution in [0.4, 0.5) is 13.2 Å². The van der Waals surface area contributed by atoms with E-state index in [1.807, 2.05) is 0 Å². The van der Waals surface area contributed by atoms with Crippen molar-refractivity contribution in [2.75, 3.05) is 13.7 Å². The first-order valence-electron chi connectivity index (χ1n) is 4.90. The summed E-state index contributed by atoms with van der Waals surface area (Å²) >= 11 is 3.19. The minimum atomic E-state index is -4.36. The van der Waals surface area contributed by atoms with E-state index in [9.17, 15) is 13.2 Å². The predicted molar refractivity (Wildman–Crippen MR) is 63.1 cm³/mol. The zero-order chi connectivity index (χ0) is 13.8. The fourth-order valence-corrected chi connectivity index (χ4v) is 1.79. The molecule has 0 aliphatic rings. The first kappa shape index (κ1) is 14.8. The molecule has 0 fully saturated rings. The van der Waals surface area contributed by atoms with Crippen LogP contribution in [-0.4, -0.2) is 19.8 Å². The Morgan fingerprint density at radius 3 is 2.67 bits per heavy atom. The number of nitrogens with one attached hydrogen (secondary N) is 1. The van der Waals surface area contributed by atoms with Gasteiger partial charge in [-0.3, -0.25) is 5.32 Å². The smallest absolute Gasteiger partial charge is 0.401 e. The van der Waals surface area contributed by atoms with E-state index in [0.717, 1.165) is 0 Å². The predicted octanol–water partition coefficient (Wildman–Crippen LogP) is 3.17. The molecule has 3 nitrogen and oxygen atoms in total. The second-order valence-electron chi connectivity index (χ2n) is 3.45. The molecule has 18 heavy (non-hydrogen) atoms. The van der Waals surface area contributed by atoms with Gasteiger partial charge in [0.1, 0.15) is 11.8 Å². The van der Waals surface area contributed by atoms with Crippen molar-refractivity contribution in [1.29, 1.82) is 5.26 Å². The van der Waals surface area contributed by atoms with Gasteiger partial charge in [-0.1, -0.05) is 15.9 Å². The van der Waals surface area contributed by atoms with E-state index in [1.54, 1.807) is 18.2 Å². The molecule has 0 aliphatic heterocycles. The zero-order valence-electron chi connectivity index (χ0n) is 9.38. The molecule has 0 aliphatic carbocycles. The van der Waals surface area contributed by atoms with E-state index in [1.165, 1.54) is 13.2 Å². The molecule has 1 aromatic rings. The fraction of sp³-hybridized carbons (Fsp3) is 0.364. The third-order valence-corrected chi connectivity index (χ3v) is 2.87. The third kappa shape index (κ3) is 4.20. The minimum Gasteiger partial charge on any atom is -0.497 e. The van der Waals surface area contributed by atoms with Crippen LogP contribution in [-0.2, 0) is 0 Å². The summed E-state index contributed by atoms with van der Waals surface area (Å²) in [5, 5.41) is 11.1. The first-order chi connectivity index (χ1) is 8.37. The molecule has 1 aromatic carbocycles. The number of rotatable bonds is 4. The molecule has 0 saturated carbocycles. The summed E-state index contributed by atoms with van der Waals surface area (Å²) in [7, 11) is 1.44. The van der Waals surface area contributed by atoms with Crippen molar-refractivity contribution < 1.29 is 17.9 Å². The van der Waals surface area contributed by atoms with E-state index in [2.05, 4.69) is 21.2 Å². The topological polar surface area (TPSA) is 45.0 Å². The summed E-state index contributed by atoms with van der Waals surface area (Å²) in [5.74, 6) is 0.474. The number of ether oxygens (including phenoxy) is 1. The second-order valence-corrected chi connectivity index (χ2v) is 4.30. The molecule has 0 heterocycles. The number of alkyl halides is 3. The summed E-state index contributed by atoms with van der Waals surface area (Å²) in [5.41, 5.74) is 0.404. The first-order valence-corrected chi connectivity index (χ1v) is 5.70. The Morgan fingerprint density at radius 1 is 1.50 bits per heavy atom. The van der Waals surface area contributed by atoms with Gasteiger partial charge in [0, 0.05) is 10.0 Å². The van der Waals surface area contributed by atoms with Crippen LogP contribution < -0.4 is 10.1 Å². The molecule has 0 spiro atoms. The Morgan fingerprint density at radius 2 is 2.17 bits per heavy atom. The van der Waals surface area contributed by atoms with Crippen molar-refractivity contribution in [2.45, 2.75) is 12.2 Å². The maximum absolute atomic E-state index is 12.1. The normalized spacial score (nSPS) is 12.9. The molecule has 7 heteroatoms. The number of nitriles is 1. The van der Waals surface area contributed by atoms with Gasteiger partial charge < -0.3 is 4.74 Å². The Labute approximate surface area is 111 Å². The third-order valence-electron chi connectivity index (χ3n) is 2.15. The maximum atomic E-state index is 12.1. The van der Waals surface area contributed by atoms with Gasteiger partial charge in [-0.05, 0) is 18.2 Å². The van der Waals surface area contributed by atoms with Crippen molar-refractivity contribution in [1.82, 2.24) is 5.32 Å². The molecule has 0 saturated heterocycles. The van der Waals surface area contributed by atoms with Gasteiger partial charge in [0.25, 0.3) is 0 Å². The summed E-state index contributed by atoms with van der Waals surface area (Å²) in [6.45, 7) is -1.23. The van der Waals surface area contributed by atoms with E-state index in [4.69, 9.17) is 10.00 Å². The summed E-state index contributed by atoms with van der Waals surface area (Å²) in [6.07, 6.45) is -4.36. The molecule has 0 radical (unpaired) electrons. The summed E-state index contributed by atoms with van der Waals surface area (Å²) < 4.78 is 41.8. The Hall–Kier alpha value is -1.26. The Bertz CT molecular complexity index is 457. The number of halogens is 4. The highest BCUT2D eigenvalue weighted by Crippen LogP contribution is 2.28. The Kier molecular flexibility index (Phi) is 4.99. The van der Waals surface area contributed by atoms with Gasteiger partial charge in [-0.15, -0.1) is 0 Å². The lowest BCUT2D eigenvalue weighted by Crippen LogP contribution is -2.31. The molecule has 1 atom stereocenters. The summed E-state index contributed by atoms with van der Waals surface area (Å²) in [6, 6.07) is 5.51. The highest BCUT2D eigenvalue weighted by molar-refractivity contribution is 9.10. The van der Waals surface area contributed by atoms with Crippen molar-refractivity contribution in [3.63, 3.8) is 0 Å². The molecule has 1 unspecified atom stereocenters. The van der Waals surface area contributed by atoms with E-state index in [0.29, 0.717) is 15.8 Å². The van der Waals surface area contributed by atoms with Crippen molar-refractivity contribution in [2.24, 2.45) is 0 Å². The van der Waals surface area contributed by atoms with Crippen LogP contribution >= 0.6 is 15.9 Å². The van der Waals surface area contributed by atoms with Crippen LogP contribution in [0, 0.1) is 11.3 Å². The van der Waals surface area contributed by atoms with Crippen molar-refractivity contribution in [3.8, 4) is 11.8 Å². The van der Waals surface area contributed by atoms with E-state index < -0.39 is 18.8 Å². The zero-order valence-corrected chi connectivity index (χ0v) is 11.0. The number of methoxy groups -OCH3 is 1. The SMILES string of the molecule is COc1ccc(Br)c(C(C#N)NCC(F)(F)F)c1. The van der Waals surface area contributed by atoms with Gasteiger partial charge in [-0.25, -0.2) is 0 Å². The molecular weight excluding hydrogens is 313 g/mol. The van der Waals surface area contributed by atoms with Gasteiger partial charge >= 0.3 is 6.18 Å². The molecule has 0 bridgehead atoms. The van der Waals surface area contributed by atoms with Crippen LogP contribution in [0.15, 0.2) is 22.7 Å². The second kappa shape index (κ2) is 6.07. The summed E-state index contributed by atoms with van der Waals surface area (Å²) in [4.78, 5) is 0. The van der Waals surface area contributed by atoms with Gasteiger partial charge in [0.05, 0.1) is 19.7 Å². The number of nitrogens with zero attached hydrogens (tertiary/aromatic N) is 1. The minimum absolute atomic E-state index is 0.404. The molecule has 0 amide bonds. The molecule has 1 N–H and O–H groups in total. The number of hydrogen-bond acceptors (Lipinski definition) is 3. The monoisotopic (exact) mass is 322 g/mol. The van der Waals surface area contributed by atoms with Gasteiger partial charge in [0.15, 0.2) is 0 Å². The molecular formula is C11H10BrF3N2O. The average molecular weight is 323 g/mol. The number of hydrogen-bond donors (Lipinski definition) is 1. The van der Waals surface area contributed by atoms with Crippen LogP contribution in [0.5, 0.6) is 5.75 Å². The van der Waals surface area contributed by atoms with Crippen LogP contribution in [0.3, 0.4) is 0 Å². The Balaban J connectivity index is 2.92. The average Bonchev–Trinajstić information content (AvgIpc) is 2.30. The molecule has 1 rings (SSSR count). The lowest BCUT2D eigenvalue weighted by Gasteiger charge is -2.15. The standard InChI is InChI=1S/C11H10BrF3N2O/c1-18-7-2-3-9(12)8(4-7)10(5-16)17-6-11(13,14)15/h2-4,10,17H,6H2,1H3. The fourth-order valence-electron chi connectivity index (χ4n) is 1.31. The lowest BCUT2D eigenvalue weighted by atomic mass is 10.1.